The number of furan rings is 1. The topological polar surface area (TPSA) is 101 Å². The summed E-state index contributed by atoms with van der Waals surface area (Å²) in [6.07, 6.45) is 1.54. The first-order chi connectivity index (χ1) is 14.2. The molecule has 1 amide bonds. The average molecular weight is 385 g/mol. The summed E-state index contributed by atoms with van der Waals surface area (Å²) in [5.41, 5.74) is 2.37. The average Bonchev–Trinajstić information content (AvgIpc) is 3.48. The predicted molar refractivity (Wildman–Crippen MR) is 106 cm³/mol. The third-order valence-corrected chi connectivity index (χ3v) is 4.70. The van der Waals surface area contributed by atoms with E-state index in [-0.39, 0.29) is 6.54 Å². The normalized spacial score (nSPS) is 11.2. The molecule has 7 heteroatoms. The highest BCUT2D eigenvalue weighted by Crippen LogP contribution is 2.28. The van der Waals surface area contributed by atoms with Gasteiger partial charge in [-0.2, -0.15) is 0 Å². The molecular weight excluding hydrogens is 370 g/mol. The number of aromatic amines is 1. The van der Waals surface area contributed by atoms with Crippen molar-refractivity contribution in [2.45, 2.75) is 6.54 Å². The zero-order valence-electron chi connectivity index (χ0n) is 15.1. The predicted octanol–water partition coefficient (Wildman–Crippen LogP) is 4.07. The first-order valence-corrected chi connectivity index (χ1v) is 9.02. The highest BCUT2D eigenvalue weighted by atomic mass is 16.5. The van der Waals surface area contributed by atoms with Gasteiger partial charge in [-0.15, -0.1) is 0 Å². The molecular formula is C22H15N3O4. The Morgan fingerprint density at radius 2 is 1.83 bits per heavy atom. The maximum absolute atomic E-state index is 12.5. The fraction of sp³-hybridized carbons (Fsp3) is 0.0455. The number of carbonyl (C=O) groups excluding carboxylic acids is 2. The number of nitrogens with one attached hydrogen (secondary N) is 2. The number of rotatable bonds is 5. The van der Waals surface area contributed by atoms with E-state index in [4.69, 9.17) is 8.94 Å². The molecule has 2 N–H and O–H groups in total. The van der Waals surface area contributed by atoms with Crippen LogP contribution >= 0.6 is 0 Å². The molecule has 0 saturated carbocycles. The van der Waals surface area contributed by atoms with E-state index >= 15 is 0 Å². The van der Waals surface area contributed by atoms with Gasteiger partial charge in [0, 0.05) is 28.6 Å². The van der Waals surface area contributed by atoms with Gasteiger partial charge in [-0.1, -0.05) is 41.6 Å². The number of hydrogen-bond acceptors (Lipinski definition) is 5. The largest absolute Gasteiger partial charge is 0.453 e. The van der Waals surface area contributed by atoms with Crippen LogP contribution in [0.4, 0.5) is 0 Å². The van der Waals surface area contributed by atoms with Crippen LogP contribution in [0, 0.1) is 0 Å². The van der Waals surface area contributed by atoms with Crippen LogP contribution in [0.25, 0.3) is 33.4 Å². The summed E-state index contributed by atoms with van der Waals surface area (Å²) in [5.74, 6) is -0.314. The molecule has 3 heterocycles. The van der Waals surface area contributed by atoms with Crippen LogP contribution in [0.2, 0.25) is 0 Å². The summed E-state index contributed by atoms with van der Waals surface area (Å²) >= 11 is 0. The third-order valence-electron chi connectivity index (χ3n) is 4.70. The van der Waals surface area contributed by atoms with Gasteiger partial charge >= 0.3 is 0 Å². The molecule has 0 atom stereocenters. The van der Waals surface area contributed by atoms with Gasteiger partial charge in [0.05, 0.1) is 12.1 Å². The lowest BCUT2D eigenvalue weighted by Gasteiger charge is -2.01. The maximum atomic E-state index is 12.5. The standard InChI is InChI=1S/C22H15N3O4/c26-21(16-12-23-17-7-3-2-6-15(16)17)22(27)24-11-14-10-20(29-25-14)19-9-13-5-1-4-8-18(13)28-19/h1-10,12,23H,11H2,(H,24,27). The summed E-state index contributed by atoms with van der Waals surface area (Å²) in [6, 6.07) is 18.5. The van der Waals surface area contributed by atoms with Crippen LogP contribution in [-0.2, 0) is 11.3 Å². The van der Waals surface area contributed by atoms with E-state index < -0.39 is 11.7 Å². The van der Waals surface area contributed by atoms with Gasteiger partial charge in [-0.05, 0) is 18.2 Å². The van der Waals surface area contributed by atoms with Crippen molar-refractivity contribution in [2.24, 2.45) is 0 Å². The molecule has 5 aromatic rings. The molecule has 0 saturated heterocycles. The number of aromatic nitrogens is 2. The summed E-state index contributed by atoms with van der Waals surface area (Å²) in [6.45, 7) is 0.0661. The van der Waals surface area contributed by atoms with Crippen LogP contribution in [0.3, 0.4) is 0 Å². The number of fused-ring (bicyclic) bond motifs is 2. The molecule has 142 valence electrons. The molecule has 5 rings (SSSR count). The maximum Gasteiger partial charge on any atom is 0.292 e. The highest BCUT2D eigenvalue weighted by Gasteiger charge is 2.20. The van der Waals surface area contributed by atoms with Gasteiger partial charge in [-0.3, -0.25) is 9.59 Å². The summed E-state index contributed by atoms with van der Waals surface area (Å²) in [5, 5.41) is 8.19. The second-order valence-corrected chi connectivity index (χ2v) is 6.59. The molecule has 3 aromatic heterocycles. The third kappa shape index (κ3) is 3.08. The minimum Gasteiger partial charge on any atom is -0.453 e. The fourth-order valence-electron chi connectivity index (χ4n) is 3.25. The van der Waals surface area contributed by atoms with Crippen molar-refractivity contribution < 1.29 is 18.5 Å². The van der Waals surface area contributed by atoms with Crippen LogP contribution in [0.5, 0.6) is 0 Å². The molecule has 0 bridgehead atoms. The van der Waals surface area contributed by atoms with Gasteiger partial charge in [0.25, 0.3) is 11.7 Å². The van der Waals surface area contributed by atoms with Crippen LogP contribution in [0.1, 0.15) is 16.1 Å². The van der Waals surface area contributed by atoms with E-state index in [1.165, 1.54) is 0 Å². The Kier molecular flexibility index (Phi) is 3.98. The number of carbonyl (C=O) groups is 2. The highest BCUT2D eigenvalue weighted by molar-refractivity contribution is 6.44. The number of benzene rings is 2. The van der Waals surface area contributed by atoms with Gasteiger partial charge in [-0.25, -0.2) is 0 Å². The Morgan fingerprint density at radius 1 is 1.00 bits per heavy atom. The van der Waals surface area contributed by atoms with Crippen LogP contribution in [0.15, 0.2) is 75.8 Å². The van der Waals surface area contributed by atoms with Crippen LogP contribution < -0.4 is 5.32 Å². The Bertz CT molecular complexity index is 1330. The van der Waals surface area contributed by atoms with Crippen molar-refractivity contribution in [3.63, 3.8) is 0 Å². The second kappa shape index (κ2) is 6.79. The lowest BCUT2D eigenvalue weighted by molar-refractivity contribution is -0.117. The minimum atomic E-state index is -0.706. The number of hydrogen-bond donors (Lipinski definition) is 2. The van der Waals surface area contributed by atoms with E-state index in [9.17, 15) is 9.59 Å². The van der Waals surface area contributed by atoms with E-state index in [0.29, 0.717) is 28.2 Å². The zero-order valence-corrected chi connectivity index (χ0v) is 15.1. The van der Waals surface area contributed by atoms with Crippen molar-refractivity contribution in [3.05, 3.63) is 78.1 Å². The quantitative estimate of drug-likeness (QED) is 0.351. The number of nitrogens with zero attached hydrogens (tertiary/aromatic N) is 1. The molecule has 29 heavy (non-hydrogen) atoms. The molecule has 0 spiro atoms. The lowest BCUT2D eigenvalue weighted by Crippen LogP contribution is -2.30. The number of ketones is 1. The minimum absolute atomic E-state index is 0.0661. The Morgan fingerprint density at radius 3 is 2.72 bits per heavy atom. The molecule has 0 aliphatic rings. The smallest absolute Gasteiger partial charge is 0.292 e. The lowest BCUT2D eigenvalue weighted by atomic mass is 10.1. The zero-order chi connectivity index (χ0) is 19.8. The molecule has 0 unspecified atom stereocenters. The molecule has 0 aliphatic carbocycles. The monoisotopic (exact) mass is 385 g/mol. The molecule has 0 radical (unpaired) electrons. The van der Waals surface area contributed by atoms with Gasteiger partial charge < -0.3 is 19.2 Å². The number of amides is 1. The van der Waals surface area contributed by atoms with E-state index in [1.807, 2.05) is 48.5 Å². The van der Waals surface area contributed by atoms with E-state index in [2.05, 4.69) is 15.5 Å². The molecule has 0 fully saturated rings. The summed E-state index contributed by atoms with van der Waals surface area (Å²) < 4.78 is 11.1. The number of H-pyrrole nitrogens is 1. The van der Waals surface area contributed by atoms with Crippen molar-refractivity contribution in [2.75, 3.05) is 0 Å². The number of Topliss-reactive ketones (excluding diaryl/α,β-unsaturated/α-hetero) is 1. The van der Waals surface area contributed by atoms with E-state index in [1.54, 1.807) is 18.3 Å². The van der Waals surface area contributed by atoms with Crippen LogP contribution in [-0.4, -0.2) is 21.8 Å². The SMILES string of the molecule is O=C(NCc1cc(-c2cc3ccccc3o2)on1)C(=O)c1c[nH]c2ccccc12. The molecule has 2 aromatic carbocycles. The van der Waals surface area contributed by atoms with Crippen molar-refractivity contribution in [1.82, 2.24) is 15.5 Å². The fourth-order valence-corrected chi connectivity index (χ4v) is 3.25. The van der Waals surface area contributed by atoms with Gasteiger partial charge in [0.15, 0.2) is 5.76 Å². The Labute approximate surface area is 164 Å². The van der Waals surface area contributed by atoms with Gasteiger partial charge in [0.2, 0.25) is 5.76 Å². The summed E-state index contributed by atoms with van der Waals surface area (Å²) in [7, 11) is 0. The Balaban J connectivity index is 1.29. The summed E-state index contributed by atoms with van der Waals surface area (Å²) in [4.78, 5) is 27.8. The molecule has 0 aliphatic heterocycles. The van der Waals surface area contributed by atoms with Gasteiger partial charge in [0.1, 0.15) is 11.3 Å². The second-order valence-electron chi connectivity index (χ2n) is 6.59. The van der Waals surface area contributed by atoms with Crippen molar-refractivity contribution in [3.8, 4) is 11.5 Å². The Hall–Kier alpha value is -4.13. The van der Waals surface area contributed by atoms with Crippen molar-refractivity contribution >= 4 is 33.6 Å². The number of para-hydroxylation sites is 2. The first-order valence-electron chi connectivity index (χ1n) is 9.02. The van der Waals surface area contributed by atoms with E-state index in [0.717, 1.165) is 16.5 Å². The molecule has 7 nitrogen and oxygen atoms in total. The van der Waals surface area contributed by atoms with Crippen molar-refractivity contribution in [1.29, 1.82) is 0 Å². The first kappa shape index (κ1) is 17.0.